The second kappa shape index (κ2) is 3.81. The molecule has 0 aliphatic heterocycles. The Labute approximate surface area is 76.6 Å². The lowest BCUT2D eigenvalue weighted by Crippen LogP contribution is -1.96. The summed E-state index contributed by atoms with van der Waals surface area (Å²) >= 11 is 1.66. The minimum absolute atomic E-state index is 0.0859. The van der Waals surface area contributed by atoms with Gasteiger partial charge in [0.15, 0.2) is 5.78 Å². The Balaban J connectivity index is 3.08. The molecule has 0 N–H and O–H groups in total. The number of aryl methyl sites for hydroxylation is 2. The lowest BCUT2D eigenvalue weighted by molar-refractivity contribution is 0.101. The van der Waals surface area contributed by atoms with Gasteiger partial charge in [-0.1, -0.05) is 13.8 Å². The number of hydrogen-bond donors (Lipinski definition) is 0. The number of hydrogen-bond acceptors (Lipinski definition) is 3. The Hall–Kier alpha value is -0.700. The highest BCUT2D eigenvalue weighted by molar-refractivity contribution is 7.11. The van der Waals surface area contributed by atoms with Crippen LogP contribution in [0.5, 0.6) is 0 Å². The Bertz CT molecular complexity index is 291. The van der Waals surface area contributed by atoms with Gasteiger partial charge in [-0.15, -0.1) is 11.3 Å². The minimum Gasteiger partial charge on any atom is -0.293 e. The summed E-state index contributed by atoms with van der Waals surface area (Å²) in [4.78, 5) is 16.5. The SMILES string of the molecule is CCc1nc(C(C)=O)c(CC)s1. The molecule has 0 unspecified atom stereocenters. The third-order valence-corrected chi connectivity index (χ3v) is 3.04. The molecular weight excluding hydrogens is 170 g/mol. The van der Waals surface area contributed by atoms with Gasteiger partial charge in [-0.25, -0.2) is 4.98 Å². The zero-order valence-corrected chi connectivity index (χ0v) is 8.49. The van der Waals surface area contributed by atoms with E-state index in [2.05, 4.69) is 18.8 Å². The third-order valence-electron chi connectivity index (χ3n) is 1.70. The lowest BCUT2D eigenvalue weighted by Gasteiger charge is -1.90. The summed E-state index contributed by atoms with van der Waals surface area (Å²) in [6.07, 6.45) is 1.83. The Kier molecular flexibility index (Phi) is 2.98. The molecule has 0 fully saturated rings. The van der Waals surface area contributed by atoms with Gasteiger partial charge in [0, 0.05) is 11.8 Å². The number of Topliss-reactive ketones (excluding diaryl/α,β-unsaturated/α-hetero) is 1. The number of aromatic nitrogens is 1. The van der Waals surface area contributed by atoms with E-state index in [-0.39, 0.29) is 5.78 Å². The van der Waals surface area contributed by atoms with Crippen molar-refractivity contribution in [3.8, 4) is 0 Å². The van der Waals surface area contributed by atoms with E-state index in [9.17, 15) is 4.79 Å². The van der Waals surface area contributed by atoms with Gasteiger partial charge in [-0.2, -0.15) is 0 Å². The van der Waals surface area contributed by atoms with Crippen LogP contribution < -0.4 is 0 Å². The van der Waals surface area contributed by atoms with Crippen molar-refractivity contribution in [2.75, 3.05) is 0 Å². The van der Waals surface area contributed by atoms with Gasteiger partial charge in [0.2, 0.25) is 0 Å². The number of carbonyl (C=O) groups excluding carboxylic acids is 1. The standard InChI is InChI=1S/C9H13NOS/c1-4-7-9(6(3)11)10-8(5-2)12-7/h4-5H2,1-3H3. The Morgan fingerprint density at radius 2 is 2.08 bits per heavy atom. The first-order valence-corrected chi connectivity index (χ1v) is 5.00. The molecule has 0 bridgehead atoms. The topological polar surface area (TPSA) is 30.0 Å². The van der Waals surface area contributed by atoms with Crippen LogP contribution in [0.3, 0.4) is 0 Å². The predicted molar refractivity (Wildman–Crippen MR) is 50.9 cm³/mol. The van der Waals surface area contributed by atoms with Gasteiger partial charge in [-0.3, -0.25) is 4.79 Å². The summed E-state index contributed by atoms with van der Waals surface area (Å²) in [6.45, 7) is 5.69. The maximum atomic E-state index is 11.1. The van der Waals surface area contributed by atoms with Gasteiger partial charge >= 0.3 is 0 Å². The van der Waals surface area contributed by atoms with Crippen molar-refractivity contribution >= 4 is 17.1 Å². The quantitative estimate of drug-likeness (QED) is 0.674. The van der Waals surface area contributed by atoms with Crippen molar-refractivity contribution in [3.05, 3.63) is 15.6 Å². The summed E-state index contributed by atoms with van der Waals surface area (Å²) < 4.78 is 0. The molecule has 0 radical (unpaired) electrons. The third kappa shape index (κ3) is 1.72. The summed E-state index contributed by atoms with van der Waals surface area (Å²) in [7, 11) is 0. The number of ketones is 1. The molecule has 12 heavy (non-hydrogen) atoms. The van der Waals surface area contributed by atoms with E-state index < -0.39 is 0 Å². The fourth-order valence-electron chi connectivity index (χ4n) is 1.07. The molecule has 0 aromatic carbocycles. The normalized spacial score (nSPS) is 10.2. The number of rotatable bonds is 3. The molecule has 0 amide bonds. The van der Waals surface area contributed by atoms with E-state index >= 15 is 0 Å². The average molecular weight is 183 g/mol. The van der Waals surface area contributed by atoms with Crippen molar-refractivity contribution in [1.82, 2.24) is 4.98 Å². The molecule has 0 saturated carbocycles. The number of carbonyl (C=O) groups is 1. The number of thiazole rings is 1. The largest absolute Gasteiger partial charge is 0.293 e. The summed E-state index contributed by atoms with van der Waals surface area (Å²) in [5, 5.41) is 1.07. The number of nitrogens with zero attached hydrogens (tertiary/aromatic N) is 1. The van der Waals surface area contributed by atoms with Crippen LogP contribution in [0, 0.1) is 0 Å². The van der Waals surface area contributed by atoms with Crippen molar-refractivity contribution in [2.45, 2.75) is 33.6 Å². The highest BCUT2D eigenvalue weighted by atomic mass is 32.1. The van der Waals surface area contributed by atoms with Gasteiger partial charge in [0.25, 0.3) is 0 Å². The molecule has 1 aromatic rings. The molecule has 0 spiro atoms. The smallest absolute Gasteiger partial charge is 0.179 e. The fraction of sp³-hybridized carbons (Fsp3) is 0.556. The van der Waals surface area contributed by atoms with Crippen LogP contribution in [-0.2, 0) is 12.8 Å². The van der Waals surface area contributed by atoms with Crippen molar-refractivity contribution < 1.29 is 4.79 Å². The lowest BCUT2D eigenvalue weighted by atomic mass is 10.2. The van der Waals surface area contributed by atoms with E-state index in [0.717, 1.165) is 22.7 Å². The average Bonchev–Trinajstić information content (AvgIpc) is 2.47. The van der Waals surface area contributed by atoms with Gasteiger partial charge in [-0.05, 0) is 12.8 Å². The second-order valence-corrected chi connectivity index (χ2v) is 3.81. The maximum absolute atomic E-state index is 11.1. The molecule has 0 aliphatic rings. The first-order valence-electron chi connectivity index (χ1n) is 4.18. The van der Waals surface area contributed by atoms with E-state index in [1.807, 2.05) is 0 Å². The van der Waals surface area contributed by atoms with Crippen molar-refractivity contribution in [3.63, 3.8) is 0 Å². The fourth-order valence-corrected chi connectivity index (χ4v) is 2.06. The van der Waals surface area contributed by atoms with Gasteiger partial charge in [0.05, 0.1) is 5.01 Å². The van der Waals surface area contributed by atoms with Gasteiger partial charge in [0.1, 0.15) is 5.69 Å². The van der Waals surface area contributed by atoms with Crippen molar-refractivity contribution in [2.24, 2.45) is 0 Å². The predicted octanol–water partition coefficient (Wildman–Crippen LogP) is 2.47. The molecule has 0 aliphatic carbocycles. The molecule has 1 aromatic heterocycles. The molecule has 3 heteroatoms. The van der Waals surface area contributed by atoms with E-state index in [0.29, 0.717) is 5.69 Å². The van der Waals surface area contributed by atoms with Crippen LogP contribution >= 0.6 is 11.3 Å². The Morgan fingerprint density at radius 3 is 2.42 bits per heavy atom. The van der Waals surface area contributed by atoms with Crippen LogP contribution in [-0.4, -0.2) is 10.8 Å². The summed E-state index contributed by atoms with van der Waals surface area (Å²) in [6, 6.07) is 0. The highest BCUT2D eigenvalue weighted by Crippen LogP contribution is 2.19. The molecule has 1 heterocycles. The molecule has 0 atom stereocenters. The molecular formula is C9H13NOS. The minimum atomic E-state index is 0.0859. The summed E-state index contributed by atoms with van der Waals surface area (Å²) in [5.41, 5.74) is 0.680. The van der Waals surface area contributed by atoms with Crippen LogP contribution in [0.1, 0.15) is 41.1 Å². The van der Waals surface area contributed by atoms with E-state index in [1.54, 1.807) is 18.3 Å². The zero-order chi connectivity index (χ0) is 9.14. The van der Waals surface area contributed by atoms with E-state index in [1.165, 1.54) is 0 Å². The monoisotopic (exact) mass is 183 g/mol. The maximum Gasteiger partial charge on any atom is 0.179 e. The van der Waals surface area contributed by atoms with Crippen molar-refractivity contribution in [1.29, 1.82) is 0 Å². The van der Waals surface area contributed by atoms with Crippen LogP contribution in [0.25, 0.3) is 0 Å². The van der Waals surface area contributed by atoms with Crippen LogP contribution in [0.2, 0.25) is 0 Å². The first kappa shape index (κ1) is 9.39. The molecule has 2 nitrogen and oxygen atoms in total. The van der Waals surface area contributed by atoms with Gasteiger partial charge < -0.3 is 0 Å². The second-order valence-electron chi connectivity index (χ2n) is 2.64. The zero-order valence-electron chi connectivity index (χ0n) is 7.68. The molecule has 0 saturated heterocycles. The highest BCUT2D eigenvalue weighted by Gasteiger charge is 2.11. The Morgan fingerprint density at radius 1 is 1.42 bits per heavy atom. The molecule has 1 rings (SSSR count). The first-order chi connectivity index (χ1) is 5.69. The summed E-state index contributed by atoms with van der Waals surface area (Å²) in [5.74, 6) is 0.0859. The molecule has 66 valence electrons. The van der Waals surface area contributed by atoms with Crippen LogP contribution in [0.4, 0.5) is 0 Å². The van der Waals surface area contributed by atoms with E-state index in [4.69, 9.17) is 0 Å². The van der Waals surface area contributed by atoms with Crippen LogP contribution in [0.15, 0.2) is 0 Å².